The van der Waals surface area contributed by atoms with Crippen molar-refractivity contribution >= 4 is 21.6 Å². The summed E-state index contributed by atoms with van der Waals surface area (Å²) in [5.41, 5.74) is 3.42. The molecule has 0 aliphatic rings. The summed E-state index contributed by atoms with van der Waals surface area (Å²) in [5, 5.41) is 2.95. The van der Waals surface area contributed by atoms with Gasteiger partial charge in [-0.3, -0.25) is 9.10 Å². The van der Waals surface area contributed by atoms with Crippen LogP contribution >= 0.6 is 0 Å². The predicted molar refractivity (Wildman–Crippen MR) is 144 cm³/mol. The zero-order chi connectivity index (χ0) is 27.2. The van der Waals surface area contributed by atoms with E-state index in [2.05, 4.69) is 5.32 Å². The molecular weight excluding hydrogens is 492 g/mol. The van der Waals surface area contributed by atoms with Crippen LogP contribution < -0.4 is 23.8 Å². The molecule has 0 spiro atoms. The Balaban J connectivity index is 1.96. The highest BCUT2D eigenvalue weighted by atomic mass is 32.2. The van der Waals surface area contributed by atoms with Crippen LogP contribution in [0.1, 0.15) is 36.6 Å². The van der Waals surface area contributed by atoms with E-state index in [0.717, 1.165) is 21.0 Å². The van der Waals surface area contributed by atoms with Crippen LogP contribution in [0.4, 0.5) is 5.69 Å². The van der Waals surface area contributed by atoms with Crippen LogP contribution in [0.25, 0.3) is 0 Å². The van der Waals surface area contributed by atoms with E-state index in [1.54, 1.807) is 24.3 Å². The molecule has 3 rings (SSSR count). The van der Waals surface area contributed by atoms with Crippen LogP contribution in [-0.2, 0) is 14.8 Å². The Morgan fingerprint density at radius 2 is 1.62 bits per heavy atom. The molecule has 198 valence electrons. The van der Waals surface area contributed by atoms with Gasteiger partial charge in [0.25, 0.3) is 10.0 Å². The number of amides is 1. The number of nitrogens with zero attached hydrogens (tertiary/aromatic N) is 1. The van der Waals surface area contributed by atoms with Crippen molar-refractivity contribution in [2.45, 2.75) is 38.6 Å². The van der Waals surface area contributed by atoms with Crippen molar-refractivity contribution in [3.63, 3.8) is 0 Å². The summed E-state index contributed by atoms with van der Waals surface area (Å²) in [7, 11) is -1.25. The Morgan fingerprint density at radius 3 is 2.24 bits per heavy atom. The summed E-state index contributed by atoms with van der Waals surface area (Å²) < 4.78 is 44.8. The highest BCUT2D eigenvalue weighted by molar-refractivity contribution is 7.92. The number of hydrogen-bond acceptors (Lipinski definition) is 6. The Morgan fingerprint density at radius 1 is 0.946 bits per heavy atom. The van der Waals surface area contributed by atoms with E-state index >= 15 is 0 Å². The normalized spacial score (nSPS) is 11.9. The summed E-state index contributed by atoms with van der Waals surface area (Å²) >= 11 is 0. The minimum Gasteiger partial charge on any atom is -0.494 e. The molecule has 8 nitrogen and oxygen atoms in total. The van der Waals surface area contributed by atoms with E-state index in [1.165, 1.54) is 32.4 Å². The molecule has 1 atom stereocenters. The highest BCUT2D eigenvalue weighted by Crippen LogP contribution is 2.32. The van der Waals surface area contributed by atoms with Crippen LogP contribution in [0.15, 0.2) is 65.6 Å². The number of nitrogens with one attached hydrogen (secondary N) is 1. The molecule has 9 heteroatoms. The van der Waals surface area contributed by atoms with Crippen molar-refractivity contribution in [2.75, 3.05) is 31.7 Å². The number of aryl methyl sites for hydroxylation is 2. The molecule has 0 bridgehead atoms. The summed E-state index contributed by atoms with van der Waals surface area (Å²) in [4.78, 5) is 13.2. The third-order valence-corrected chi connectivity index (χ3v) is 7.71. The minimum absolute atomic E-state index is 0.0330. The topological polar surface area (TPSA) is 94.2 Å². The van der Waals surface area contributed by atoms with Gasteiger partial charge in [0, 0.05) is 6.07 Å². The fourth-order valence-corrected chi connectivity index (χ4v) is 5.45. The first kappa shape index (κ1) is 27.9. The smallest absolute Gasteiger partial charge is 0.264 e. The number of carbonyl (C=O) groups is 1. The van der Waals surface area contributed by atoms with Gasteiger partial charge in [0.15, 0.2) is 11.5 Å². The van der Waals surface area contributed by atoms with Gasteiger partial charge in [-0.05, 0) is 75.2 Å². The summed E-state index contributed by atoms with van der Waals surface area (Å²) in [6.45, 7) is 7.77. The summed E-state index contributed by atoms with van der Waals surface area (Å²) in [6.07, 6.45) is 0. The number of methoxy groups -OCH3 is 2. The molecule has 3 aromatic carbocycles. The van der Waals surface area contributed by atoms with E-state index in [4.69, 9.17) is 14.2 Å². The zero-order valence-electron chi connectivity index (χ0n) is 22.1. The van der Waals surface area contributed by atoms with E-state index in [1.807, 2.05) is 45.9 Å². The SMILES string of the molecule is CCOc1ccc(N(CC(=O)NC(C)c2cc(C)ccc2C)S(=O)(=O)c2ccc(OC)c(OC)c2)cc1. The van der Waals surface area contributed by atoms with E-state index in [0.29, 0.717) is 23.8 Å². The molecule has 0 saturated carbocycles. The molecule has 0 aromatic heterocycles. The lowest BCUT2D eigenvalue weighted by Gasteiger charge is -2.26. The highest BCUT2D eigenvalue weighted by Gasteiger charge is 2.29. The van der Waals surface area contributed by atoms with Crippen LogP contribution in [0, 0.1) is 13.8 Å². The Kier molecular flexibility index (Phi) is 9.04. The molecule has 1 amide bonds. The summed E-state index contributed by atoms with van der Waals surface area (Å²) in [6, 6.07) is 16.6. The largest absolute Gasteiger partial charge is 0.494 e. The number of rotatable bonds is 11. The lowest BCUT2D eigenvalue weighted by atomic mass is 10.00. The molecule has 0 fully saturated rings. The average Bonchev–Trinajstić information content (AvgIpc) is 2.88. The van der Waals surface area contributed by atoms with Gasteiger partial charge in [-0.25, -0.2) is 8.42 Å². The van der Waals surface area contributed by atoms with Gasteiger partial charge in [0.05, 0.1) is 37.5 Å². The van der Waals surface area contributed by atoms with Gasteiger partial charge in [0.1, 0.15) is 12.3 Å². The minimum atomic E-state index is -4.15. The van der Waals surface area contributed by atoms with Crippen molar-refractivity contribution in [2.24, 2.45) is 0 Å². The second-order valence-electron chi connectivity index (χ2n) is 8.60. The first-order valence-electron chi connectivity index (χ1n) is 11.9. The Labute approximate surface area is 219 Å². The fourth-order valence-electron chi connectivity index (χ4n) is 4.02. The monoisotopic (exact) mass is 526 g/mol. The number of ether oxygens (including phenoxy) is 3. The number of sulfonamides is 1. The van der Waals surface area contributed by atoms with Gasteiger partial charge < -0.3 is 19.5 Å². The van der Waals surface area contributed by atoms with E-state index in [-0.39, 0.29) is 16.7 Å². The van der Waals surface area contributed by atoms with Gasteiger partial charge in [-0.1, -0.05) is 23.8 Å². The predicted octanol–water partition coefficient (Wildman–Crippen LogP) is 4.79. The first-order chi connectivity index (χ1) is 17.6. The van der Waals surface area contributed by atoms with Gasteiger partial charge in [-0.15, -0.1) is 0 Å². The standard InChI is InChI=1S/C28H34N2O6S/c1-7-36-23-12-10-22(11-13-23)30(37(32,33)24-14-15-26(34-5)27(17-24)35-6)18-28(31)29-21(4)25-16-19(2)8-9-20(25)3/h8-17,21H,7,18H2,1-6H3,(H,29,31). The van der Waals surface area contributed by atoms with Crippen molar-refractivity contribution in [3.05, 3.63) is 77.4 Å². The van der Waals surface area contributed by atoms with Crippen molar-refractivity contribution < 1.29 is 27.4 Å². The van der Waals surface area contributed by atoms with Gasteiger partial charge in [0.2, 0.25) is 5.91 Å². The zero-order valence-corrected chi connectivity index (χ0v) is 22.9. The quantitative estimate of drug-likeness (QED) is 0.386. The fraction of sp³-hybridized carbons (Fsp3) is 0.321. The average molecular weight is 527 g/mol. The maximum atomic E-state index is 13.8. The van der Waals surface area contributed by atoms with Crippen LogP contribution in [-0.4, -0.2) is 41.7 Å². The van der Waals surface area contributed by atoms with E-state index in [9.17, 15) is 13.2 Å². The maximum Gasteiger partial charge on any atom is 0.264 e. The van der Waals surface area contributed by atoms with Crippen LogP contribution in [0.3, 0.4) is 0 Å². The molecule has 0 heterocycles. The Bertz CT molecular complexity index is 1340. The molecular formula is C28H34N2O6S. The van der Waals surface area contributed by atoms with Crippen molar-refractivity contribution in [3.8, 4) is 17.2 Å². The van der Waals surface area contributed by atoms with Crippen LogP contribution in [0.5, 0.6) is 17.2 Å². The van der Waals surface area contributed by atoms with Gasteiger partial charge >= 0.3 is 0 Å². The number of benzene rings is 3. The second kappa shape index (κ2) is 12.0. The third kappa shape index (κ3) is 6.54. The van der Waals surface area contributed by atoms with Gasteiger partial charge in [-0.2, -0.15) is 0 Å². The molecule has 0 saturated heterocycles. The molecule has 0 aliphatic carbocycles. The number of carbonyl (C=O) groups excluding carboxylic acids is 1. The van der Waals surface area contributed by atoms with Crippen molar-refractivity contribution in [1.82, 2.24) is 5.32 Å². The second-order valence-corrected chi connectivity index (χ2v) is 10.5. The molecule has 37 heavy (non-hydrogen) atoms. The Hall–Kier alpha value is -3.72. The lowest BCUT2D eigenvalue weighted by molar-refractivity contribution is -0.120. The first-order valence-corrected chi connectivity index (χ1v) is 13.4. The number of anilines is 1. The molecule has 0 radical (unpaired) electrons. The molecule has 1 unspecified atom stereocenters. The van der Waals surface area contributed by atoms with E-state index < -0.39 is 22.5 Å². The summed E-state index contributed by atoms with van der Waals surface area (Å²) in [5.74, 6) is 0.825. The van der Waals surface area contributed by atoms with Crippen LogP contribution in [0.2, 0.25) is 0 Å². The third-order valence-electron chi connectivity index (χ3n) is 5.94. The number of hydrogen-bond donors (Lipinski definition) is 1. The molecule has 3 aromatic rings. The molecule has 1 N–H and O–H groups in total. The maximum absolute atomic E-state index is 13.8. The van der Waals surface area contributed by atoms with Crippen molar-refractivity contribution in [1.29, 1.82) is 0 Å². The lowest BCUT2D eigenvalue weighted by Crippen LogP contribution is -2.41. The molecule has 0 aliphatic heterocycles.